The van der Waals surface area contributed by atoms with Gasteiger partial charge in [0.1, 0.15) is 11.2 Å². The summed E-state index contributed by atoms with van der Waals surface area (Å²) < 4.78 is 87.4. The van der Waals surface area contributed by atoms with E-state index in [9.17, 15) is 46.1 Å². The van der Waals surface area contributed by atoms with Gasteiger partial charge >= 0.3 is 24.5 Å². The van der Waals surface area contributed by atoms with E-state index in [4.69, 9.17) is 9.47 Å². The quantitative estimate of drug-likeness (QED) is 0.308. The number of hydrogen-bond donors (Lipinski definition) is 2. The lowest BCUT2D eigenvalue weighted by Crippen LogP contribution is -2.52. The highest BCUT2D eigenvalue weighted by Gasteiger charge is 2.45. The van der Waals surface area contributed by atoms with Gasteiger partial charge in [-0.3, -0.25) is 0 Å². The fourth-order valence-corrected chi connectivity index (χ4v) is 7.35. The van der Waals surface area contributed by atoms with Crippen molar-refractivity contribution in [3.05, 3.63) is 70.8 Å². The molecule has 2 aliphatic carbocycles. The lowest BCUT2D eigenvalue weighted by Gasteiger charge is -2.45. The van der Waals surface area contributed by atoms with Gasteiger partial charge in [-0.15, -0.1) is 0 Å². The maximum Gasteiger partial charge on any atom is 0.416 e. The van der Waals surface area contributed by atoms with Crippen LogP contribution in [0.3, 0.4) is 0 Å². The van der Waals surface area contributed by atoms with Crippen LogP contribution in [-0.2, 0) is 21.8 Å². The zero-order valence-corrected chi connectivity index (χ0v) is 28.1. The summed E-state index contributed by atoms with van der Waals surface area (Å²) in [4.78, 5) is 28.0. The van der Waals surface area contributed by atoms with Crippen molar-refractivity contribution in [1.82, 2.24) is 9.80 Å². The maximum absolute atomic E-state index is 12.7. The van der Waals surface area contributed by atoms with Crippen LogP contribution in [0.1, 0.15) is 112 Å². The van der Waals surface area contributed by atoms with Crippen molar-refractivity contribution in [2.45, 2.75) is 126 Å². The van der Waals surface area contributed by atoms with Gasteiger partial charge in [-0.1, -0.05) is 24.3 Å². The van der Waals surface area contributed by atoms with Crippen molar-refractivity contribution in [3.63, 3.8) is 0 Å². The summed E-state index contributed by atoms with van der Waals surface area (Å²) >= 11 is 0. The van der Waals surface area contributed by atoms with Gasteiger partial charge in [-0.05, 0) is 101 Å². The molecule has 4 fully saturated rings. The van der Waals surface area contributed by atoms with Crippen molar-refractivity contribution in [1.29, 1.82) is 0 Å². The van der Waals surface area contributed by atoms with E-state index in [2.05, 4.69) is 0 Å². The highest BCUT2D eigenvalue weighted by Crippen LogP contribution is 2.41. The Bertz CT molecular complexity index is 1350. The molecule has 2 saturated heterocycles. The van der Waals surface area contributed by atoms with E-state index in [-0.39, 0.29) is 24.3 Å². The molecule has 50 heavy (non-hydrogen) atoms. The normalized spacial score (nSPS) is 28.8. The first-order valence-corrected chi connectivity index (χ1v) is 17.1. The lowest BCUT2D eigenvalue weighted by atomic mass is 9.80. The summed E-state index contributed by atoms with van der Waals surface area (Å²) in [6.45, 7) is 4.56. The molecule has 0 radical (unpaired) electrons. The van der Waals surface area contributed by atoms with E-state index in [0.717, 1.165) is 24.3 Å². The monoisotopic (exact) mass is 714 g/mol. The number of amides is 2. The first kappa shape index (κ1) is 37.7. The van der Waals surface area contributed by atoms with Crippen LogP contribution >= 0.6 is 0 Å². The highest BCUT2D eigenvalue weighted by molar-refractivity contribution is 5.70. The topological polar surface area (TPSA) is 99.5 Å². The molecule has 2 heterocycles. The van der Waals surface area contributed by atoms with E-state index < -0.39 is 46.9 Å². The molecule has 0 bridgehead atoms. The molecule has 2 atom stereocenters. The van der Waals surface area contributed by atoms with E-state index in [0.29, 0.717) is 88.4 Å². The minimum absolute atomic E-state index is 0.326. The molecule has 14 heteroatoms. The number of benzene rings is 2. The molecule has 2 aromatic carbocycles. The molecular formula is C36H44F6N2O6. The second-order valence-corrected chi connectivity index (χ2v) is 14.0. The number of halogens is 6. The molecule has 8 nitrogen and oxygen atoms in total. The van der Waals surface area contributed by atoms with Crippen LogP contribution in [0.4, 0.5) is 35.9 Å². The summed E-state index contributed by atoms with van der Waals surface area (Å²) in [5, 5.41) is 19.3. The maximum atomic E-state index is 12.7. The SMILES string of the molecule is C[C@@H](c1ccc(C(F)(F)F)cc1)N1CCC2(CCC(O)CC2)OC1=O.C[C@@H](c1ccc(C(F)(F)F)cc1)N1CCC2(CCC(O)CC2)OC1=O. The van der Waals surface area contributed by atoms with Crippen LogP contribution in [0.2, 0.25) is 0 Å². The molecule has 2 amide bonds. The number of nitrogens with zero attached hydrogens (tertiary/aromatic N) is 2. The van der Waals surface area contributed by atoms with Gasteiger partial charge in [0.25, 0.3) is 0 Å². The Balaban J connectivity index is 0.000000194. The molecule has 276 valence electrons. The van der Waals surface area contributed by atoms with E-state index in [1.54, 1.807) is 23.6 Å². The summed E-state index contributed by atoms with van der Waals surface area (Å²) in [6, 6.07) is 9.03. The number of ether oxygens (including phenoxy) is 2. The van der Waals surface area contributed by atoms with E-state index in [1.807, 2.05) is 0 Å². The third-order valence-corrected chi connectivity index (χ3v) is 10.8. The third kappa shape index (κ3) is 8.67. The van der Waals surface area contributed by atoms with Crippen LogP contribution in [0.15, 0.2) is 48.5 Å². The van der Waals surface area contributed by atoms with Crippen molar-refractivity contribution in [2.24, 2.45) is 0 Å². The van der Waals surface area contributed by atoms with Crippen molar-refractivity contribution >= 4 is 12.2 Å². The molecule has 2 spiro atoms. The molecule has 2 aliphatic heterocycles. The molecule has 2 aromatic rings. The Labute approximate surface area is 287 Å². The fourth-order valence-electron chi connectivity index (χ4n) is 7.35. The van der Waals surface area contributed by atoms with Crippen LogP contribution < -0.4 is 0 Å². The smallest absolute Gasteiger partial charge is 0.416 e. The van der Waals surface area contributed by atoms with Gasteiger partial charge in [-0.2, -0.15) is 26.3 Å². The lowest BCUT2D eigenvalue weighted by molar-refractivity contribution is -0.138. The zero-order valence-electron chi connectivity index (χ0n) is 28.1. The summed E-state index contributed by atoms with van der Waals surface area (Å²) in [5.41, 5.74) is -1.12. The molecule has 4 aliphatic rings. The largest absolute Gasteiger partial charge is 0.443 e. The summed E-state index contributed by atoms with van der Waals surface area (Å²) in [6.07, 6.45) is -3.78. The standard InChI is InChI=1S/2C18H22F3NO3/c2*1-12(13-2-4-14(5-3-13)18(19,20)21)22-11-10-17(25-16(22)24)8-6-15(23)7-9-17/h2*2-5,12,15,23H,6-11H2,1H3/t2*12-,15?,17?/m00/s1. The molecule has 0 aromatic heterocycles. The van der Waals surface area contributed by atoms with Crippen LogP contribution in [0.25, 0.3) is 0 Å². The first-order valence-electron chi connectivity index (χ1n) is 17.1. The Kier molecular flexibility index (Phi) is 11.0. The summed E-state index contributed by atoms with van der Waals surface area (Å²) in [7, 11) is 0. The molecular weight excluding hydrogens is 670 g/mol. The van der Waals surface area contributed by atoms with Crippen LogP contribution in [0, 0.1) is 0 Å². The van der Waals surface area contributed by atoms with Gasteiger partial charge in [-0.25, -0.2) is 9.59 Å². The molecule has 0 unspecified atom stereocenters. The van der Waals surface area contributed by atoms with Gasteiger partial charge in [0.05, 0.1) is 35.4 Å². The average Bonchev–Trinajstić information content (AvgIpc) is 3.07. The first-order chi connectivity index (χ1) is 23.4. The summed E-state index contributed by atoms with van der Waals surface area (Å²) in [5.74, 6) is 0. The number of aliphatic hydroxyl groups is 2. The van der Waals surface area contributed by atoms with Crippen molar-refractivity contribution in [3.8, 4) is 0 Å². The minimum atomic E-state index is -4.37. The third-order valence-electron chi connectivity index (χ3n) is 10.8. The van der Waals surface area contributed by atoms with Gasteiger partial charge in [0.15, 0.2) is 0 Å². The molecule has 6 rings (SSSR count). The predicted octanol–water partition coefficient (Wildman–Crippen LogP) is 8.56. The van der Waals surface area contributed by atoms with Crippen molar-refractivity contribution in [2.75, 3.05) is 13.1 Å². The number of carbonyl (C=O) groups excluding carboxylic acids is 2. The highest BCUT2D eigenvalue weighted by atomic mass is 19.4. The minimum Gasteiger partial charge on any atom is -0.443 e. The Hall–Kier alpha value is -3.52. The van der Waals surface area contributed by atoms with Crippen LogP contribution in [-0.4, -0.2) is 68.7 Å². The van der Waals surface area contributed by atoms with Gasteiger partial charge in [0.2, 0.25) is 0 Å². The van der Waals surface area contributed by atoms with Gasteiger partial charge in [0, 0.05) is 25.9 Å². The number of carbonyl (C=O) groups is 2. The number of alkyl halides is 6. The Morgan fingerprint density at radius 2 is 0.900 bits per heavy atom. The van der Waals surface area contributed by atoms with Crippen molar-refractivity contribution < 1.29 is 55.6 Å². The number of hydrogen-bond acceptors (Lipinski definition) is 6. The van der Waals surface area contributed by atoms with Gasteiger partial charge < -0.3 is 29.5 Å². The second-order valence-electron chi connectivity index (χ2n) is 14.0. The average molecular weight is 715 g/mol. The number of rotatable bonds is 4. The molecule has 2 saturated carbocycles. The Morgan fingerprint density at radius 1 is 0.600 bits per heavy atom. The zero-order chi connectivity index (χ0) is 36.5. The predicted molar refractivity (Wildman–Crippen MR) is 170 cm³/mol. The van der Waals surface area contributed by atoms with Crippen LogP contribution in [0.5, 0.6) is 0 Å². The Morgan fingerprint density at radius 3 is 1.16 bits per heavy atom. The number of aliphatic hydroxyl groups excluding tert-OH is 2. The van der Waals surface area contributed by atoms with E-state index in [1.165, 1.54) is 24.3 Å². The fraction of sp³-hybridized carbons (Fsp3) is 0.611. The van der Waals surface area contributed by atoms with E-state index >= 15 is 0 Å². The second kappa shape index (κ2) is 14.6. The molecule has 2 N–H and O–H groups in total.